The van der Waals surface area contributed by atoms with Crippen LogP contribution in [-0.4, -0.2) is 26.8 Å². The van der Waals surface area contributed by atoms with Gasteiger partial charge in [-0.3, -0.25) is 14.9 Å². The van der Waals surface area contributed by atoms with Gasteiger partial charge in [0.05, 0.1) is 23.2 Å². The molecule has 9 heteroatoms. The molecular weight excluding hydrogens is 442 g/mol. The van der Waals surface area contributed by atoms with Crippen molar-refractivity contribution in [3.63, 3.8) is 0 Å². The summed E-state index contributed by atoms with van der Waals surface area (Å²) in [7, 11) is 0. The molecule has 0 radical (unpaired) electrons. The average molecular weight is 460 g/mol. The highest BCUT2D eigenvalue weighted by atomic mass is 35.5. The Morgan fingerprint density at radius 2 is 1.76 bits per heavy atom. The molecule has 0 spiro atoms. The molecule has 0 aliphatic heterocycles. The Hall–Kier alpha value is -4.30. The molecular formula is C24H18ClN5O3. The van der Waals surface area contributed by atoms with E-state index in [1.165, 1.54) is 18.3 Å². The quantitative estimate of drug-likeness (QED) is 0.244. The van der Waals surface area contributed by atoms with Crippen LogP contribution >= 0.6 is 11.6 Å². The van der Waals surface area contributed by atoms with E-state index < -0.39 is 4.92 Å². The number of para-hydroxylation sites is 1. The van der Waals surface area contributed by atoms with Crippen LogP contribution in [0.25, 0.3) is 16.9 Å². The predicted molar refractivity (Wildman–Crippen MR) is 127 cm³/mol. The molecule has 1 aromatic heterocycles. The van der Waals surface area contributed by atoms with E-state index in [1.807, 2.05) is 48.7 Å². The molecule has 0 fully saturated rings. The standard InChI is InChI=1S/C24H18ClN5O3/c25-20-10-8-18(9-11-20)24-19(16-29(28-24)21-4-2-1-3-5-21)15-26-27-23(31)14-17-6-12-22(13-7-17)30(32)33/h1-13,15-16H,14H2,(H,27,31). The normalized spacial score (nSPS) is 10.9. The smallest absolute Gasteiger partial charge is 0.269 e. The first kappa shape index (κ1) is 21.9. The first-order valence-electron chi connectivity index (χ1n) is 9.96. The topological polar surface area (TPSA) is 102 Å². The number of halogens is 1. The highest BCUT2D eigenvalue weighted by Gasteiger charge is 2.12. The van der Waals surface area contributed by atoms with E-state index >= 15 is 0 Å². The summed E-state index contributed by atoms with van der Waals surface area (Å²) < 4.78 is 1.74. The number of hydrogen-bond donors (Lipinski definition) is 1. The minimum absolute atomic E-state index is 0.0256. The molecule has 3 aromatic carbocycles. The van der Waals surface area contributed by atoms with Crippen LogP contribution in [0.1, 0.15) is 11.1 Å². The monoisotopic (exact) mass is 459 g/mol. The van der Waals surface area contributed by atoms with E-state index in [0.29, 0.717) is 21.8 Å². The van der Waals surface area contributed by atoms with Gasteiger partial charge in [-0.05, 0) is 29.8 Å². The minimum Gasteiger partial charge on any atom is -0.273 e. The molecule has 1 amide bonds. The number of aromatic nitrogens is 2. The van der Waals surface area contributed by atoms with Gasteiger partial charge in [0, 0.05) is 34.5 Å². The zero-order valence-electron chi connectivity index (χ0n) is 17.3. The van der Waals surface area contributed by atoms with Crippen molar-refractivity contribution in [2.75, 3.05) is 0 Å². The van der Waals surface area contributed by atoms with Crippen molar-refractivity contribution in [2.45, 2.75) is 6.42 Å². The van der Waals surface area contributed by atoms with E-state index in [9.17, 15) is 14.9 Å². The van der Waals surface area contributed by atoms with Crippen molar-refractivity contribution in [3.05, 3.63) is 111 Å². The third kappa shape index (κ3) is 5.50. The highest BCUT2D eigenvalue weighted by molar-refractivity contribution is 6.30. The summed E-state index contributed by atoms with van der Waals surface area (Å²) in [4.78, 5) is 22.5. The number of benzene rings is 3. The number of nitro benzene ring substituents is 1. The molecule has 8 nitrogen and oxygen atoms in total. The summed E-state index contributed by atoms with van der Waals surface area (Å²) in [5, 5.41) is 20.1. The van der Waals surface area contributed by atoms with Crippen LogP contribution in [0, 0.1) is 10.1 Å². The summed E-state index contributed by atoms with van der Waals surface area (Å²) in [6.07, 6.45) is 3.40. The molecule has 4 rings (SSSR count). The molecule has 0 aliphatic carbocycles. The van der Waals surface area contributed by atoms with Gasteiger partial charge in [-0.2, -0.15) is 10.2 Å². The van der Waals surface area contributed by atoms with Crippen LogP contribution in [-0.2, 0) is 11.2 Å². The number of carbonyl (C=O) groups is 1. The molecule has 164 valence electrons. The first-order valence-corrected chi connectivity index (χ1v) is 10.3. The summed E-state index contributed by atoms with van der Waals surface area (Å²) in [6.45, 7) is 0. The Kier molecular flexibility index (Phi) is 6.56. The van der Waals surface area contributed by atoms with Crippen LogP contribution in [0.15, 0.2) is 90.2 Å². The lowest BCUT2D eigenvalue weighted by Crippen LogP contribution is -2.19. The molecule has 0 bridgehead atoms. The Bertz CT molecular complexity index is 1300. The van der Waals surface area contributed by atoms with Crippen LogP contribution in [0.5, 0.6) is 0 Å². The maximum atomic E-state index is 12.2. The zero-order chi connectivity index (χ0) is 23.2. The van der Waals surface area contributed by atoms with E-state index in [4.69, 9.17) is 11.6 Å². The molecule has 0 aliphatic rings. The largest absolute Gasteiger partial charge is 0.273 e. The van der Waals surface area contributed by atoms with Gasteiger partial charge < -0.3 is 0 Å². The lowest BCUT2D eigenvalue weighted by molar-refractivity contribution is -0.384. The number of non-ortho nitro benzene ring substituents is 1. The molecule has 0 saturated carbocycles. The zero-order valence-corrected chi connectivity index (χ0v) is 18.0. The number of hydrazone groups is 1. The second-order valence-corrected chi connectivity index (χ2v) is 7.55. The number of hydrogen-bond acceptors (Lipinski definition) is 5. The maximum Gasteiger partial charge on any atom is 0.269 e. The van der Waals surface area contributed by atoms with Gasteiger partial charge in [0.25, 0.3) is 5.69 Å². The number of amides is 1. The Balaban J connectivity index is 1.52. The number of nitrogens with zero attached hydrogens (tertiary/aromatic N) is 4. The molecule has 1 heterocycles. The van der Waals surface area contributed by atoms with Crippen molar-refractivity contribution in [3.8, 4) is 16.9 Å². The summed E-state index contributed by atoms with van der Waals surface area (Å²) in [5.41, 5.74) is 6.24. The highest BCUT2D eigenvalue weighted by Crippen LogP contribution is 2.24. The Morgan fingerprint density at radius 1 is 1.06 bits per heavy atom. The van der Waals surface area contributed by atoms with Gasteiger partial charge in [-0.15, -0.1) is 0 Å². The molecule has 0 atom stereocenters. The lowest BCUT2D eigenvalue weighted by atomic mass is 10.1. The first-order chi connectivity index (χ1) is 16.0. The van der Waals surface area contributed by atoms with Gasteiger partial charge in [-0.1, -0.05) is 54.1 Å². The van der Waals surface area contributed by atoms with E-state index in [1.54, 1.807) is 28.9 Å². The summed E-state index contributed by atoms with van der Waals surface area (Å²) in [6, 6.07) is 22.8. The molecule has 0 unspecified atom stereocenters. The predicted octanol–water partition coefficient (Wildman–Crippen LogP) is 4.79. The second-order valence-electron chi connectivity index (χ2n) is 7.11. The number of carbonyl (C=O) groups excluding carboxylic acids is 1. The van der Waals surface area contributed by atoms with Gasteiger partial charge in [0.2, 0.25) is 5.91 Å². The van der Waals surface area contributed by atoms with Crippen LogP contribution in [0.2, 0.25) is 5.02 Å². The third-order valence-electron chi connectivity index (χ3n) is 4.79. The average Bonchev–Trinajstić information content (AvgIpc) is 3.24. The van der Waals surface area contributed by atoms with Gasteiger partial charge in [-0.25, -0.2) is 10.1 Å². The van der Waals surface area contributed by atoms with E-state index in [-0.39, 0.29) is 18.0 Å². The molecule has 0 saturated heterocycles. The van der Waals surface area contributed by atoms with E-state index in [2.05, 4.69) is 15.6 Å². The van der Waals surface area contributed by atoms with Crippen molar-refractivity contribution in [1.82, 2.24) is 15.2 Å². The fourth-order valence-corrected chi connectivity index (χ4v) is 3.29. The van der Waals surface area contributed by atoms with Crippen molar-refractivity contribution < 1.29 is 9.72 Å². The fraction of sp³-hybridized carbons (Fsp3) is 0.0417. The maximum absolute atomic E-state index is 12.2. The minimum atomic E-state index is -0.484. The Morgan fingerprint density at radius 3 is 2.42 bits per heavy atom. The van der Waals surface area contributed by atoms with Crippen molar-refractivity contribution >= 4 is 29.4 Å². The van der Waals surface area contributed by atoms with Gasteiger partial charge >= 0.3 is 0 Å². The second kappa shape index (κ2) is 9.88. The Labute approximate surface area is 194 Å². The number of nitrogens with one attached hydrogen (secondary N) is 1. The van der Waals surface area contributed by atoms with Gasteiger partial charge in [0.1, 0.15) is 5.69 Å². The lowest BCUT2D eigenvalue weighted by Gasteiger charge is -2.01. The van der Waals surface area contributed by atoms with Crippen LogP contribution in [0.4, 0.5) is 5.69 Å². The van der Waals surface area contributed by atoms with Gasteiger partial charge in [0.15, 0.2) is 0 Å². The SMILES string of the molecule is O=C(Cc1ccc([N+](=O)[O-])cc1)NN=Cc1cn(-c2ccccc2)nc1-c1ccc(Cl)cc1. The van der Waals surface area contributed by atoms with Crippen molar-refractivity contribution in [2.24, 2.45) is 5.10 Å². The van der Waals surface area contributed by atoms with Crippen LogP contribution < -0.4 is 5.43 Å². The molecule has 1 N–H and O–H groups in total. The molecule has 33 heavy (non-hydrogen) atoms. The number of nitro groups is 1. The summed E-state index contributed by atoms with van der Waals surface area (Å²) in [5.74, 6) is -0.344. The number of rotatable bonds is 7. The fourth-order valence-electron chi connectivity index (χ4n) is 3.16. The summed E-state index contributed by atoms with van der Waals surface area (Å²) >= 11 is 6.02. The third-order valence-corrected chi connectivity index (χ3v) is 5.04. The van der Waals surface area contributed by atoms with Crippen LogP contribution in [0.3, 0.4) is 0 Å². The molecule has 4 aromatic rings. The van der Waals surface area contributed by atoms with Crippen molar-refractivity contribution in [1.29, 1.82) is 0 Å². The van der Waals surface area contributed by atoms with E-state index in [0.717, 1.165) is 11.3 Å².